The van der Waals surface area contributed by atoms with E-state index >= 15 is 0 Å². The van der Waals surface area contributed by atoms with E-state index in [2.05, 4.69) is 10.2 Å². The van der Waals surface area contributed by atoms with E-state index in [4.69, 9.17) is 0 Å². The van der Waals surface area contributed by atoms with Crippen LogP contribution in [0.25, 0.3) is 0 Å². The minimum atomic E-state index is 0.256. The molecule has 1 N–H and O–H groups in total. The Bertz CT molecular complexity index is 246. The predicted octanol–water partition coefficient (Wildman–Crippen LogP) is 1.53. The summed E-state index contributed by atoms with van der Waals surface area (Å²) in [6.45, 7) is 2.68. The number of hydrogen-bond acceptors (Lipinski definition) is 2. The first-order valence-electron chi connectivity index (χ1n) is 6.14. The molecule has 0 bridgehead atoms. The van der Waals surface area contributed by atoms with Gasteiger partial charge in [0.15, 0.2) is 0 Å². The second-order valence-electron chi connectivity index (χ2n) is 5.07. The Morgan fingerprint density at radius 1 is 1.40 bits per heavy atom. The zero-order chi connectivity index (χ0) is 10.9. The standard InChI is InChI=1S/C12H22N2O/c1-10(15)14-11(9-13-2)5-3-6-12(14)7-4-8-12/h11,13H,3-9H2,1-2H3. The molecule has 1 aliphatic carbocycles. The maximum absolute atomic E-state index is 11.8. The van der Waals surface area contributed by atoms with Gasteiger partial charge >= 0.3 is 0 Å². The predicted molar refractivity (Wildman–Crippen MR) is 60.7 cm³/mol. The summed E-state index contributed by atoms with van der Waals surface area (Å²) < 4.78 is 0. The van der Waals surface area contributed by atoms with Gasteiger partial charge in [-0.1, -0.05) is 0 Å². The molecule has 1 unspecified atom stereocenters. The summed E-state index contributed by atoms with van der Waals surface area (Å²) in [4.78, 5) is 14.0. The van der Waals surface area contributed by atoms with Crippen molar-refractivity contribution in [1.82, 2.24) is 10.2 Å². The number of carbonyl (C=O) groups excluding carboxylic acids is 1. The molecule has 1 heterocycles. The lowest BCUT2D eigenvalue weighted by molar-refractivity contribution is -0.148. The molecule has 3 heteroatoms. The third kappa shape index (κ3) is 1.78. The fraction of sp³-hybridized carbons (Fsp3) is 0.917. The summed E-state index contributed by atoms with van der Waals surface area (Å²) in [5.41, 5.74) is 0.256. The maximum atomic E-state index is 11.8. The van der Waals surface area contributed by atoms with Crippen LogP contribution in [0.1, 0.15) is 45.4 Å². The van der Waals surface area contributed by atoms with Crippen molar-refractivity contribution in [3.8, 4) is 0 Å². The van der Waals surface area contributed by atoms with Gasteiger partial charge in [-0.15, -0.1) is 0 Å². The zero-order valence-electron chi connectivity index (χ0n) is 9.88. The largest absolute Gasteiger partial charge is 0.333 e. The maximum Gasteiger partial charge on any atom is 0.220 e. The number of likely N-dealkylation sites (N-methyl/N-ethyl adjacent to an activating group) is 1. The molecule has 1 amide bonds. The molecule has 86 valence electrons. The highest BCUT2D eigenvalue weighted by Gasteiger charge is 2.48. The molecule has 1 atom stereocenters. The van der Waals surface area contributed by atoms with Crippen LogP contribution in [0.15, 0.2) is 0 Å². The minimum Gasteiger partial charge on any atom is -0.333 e. The first-order valence-corrected chi connectivity index (χ1v) is 6.14. The number of rotatable bonds is 2. The van der Waals surface area contributed by atoms with Gasteiger partial charge in [0.2, 0.25) is 5.91 Å². The number of piperidine rings is 1. The van der Waals surface area contributed by atoms with Crippen molar-refractivity contribution in [2.45, 2.75) is 57.0 Å². The van der Waals surface area contributed by atoms with Gasteiger partial charge in [-0.25, -0.2) is 0 Å². The molecule has 0 aromatic carbocycles. The van der Waals surface area contributed by atoms with Crippen LogP contribution >= 0.6 is 0 Å². The summed E-state index contributed by atoms with van der Waals surface area (Å²) in [5.74, 6) is 0.273. The van der Waals surface area contributed by atoms with E-state index in [0.717, 1.165) is 6.54 Å². The monoisotopic (exact) mass is 210 g/mol. The molecular formula is C12H22N2O. The van der Waals surface area contributed by atoms with Crippen molar-refractivity contribution in [1.29, 1.82) is 0 Å². The highest BCUT2D eigenvalue weighted by atomic mass is 16.2. The summed E-state index contributed by atoms with van der Waals surface area (Å²) in [6, 6.07) is 0.432. The fourth-order valence-electron chi connectivity index (χ4n) is 3.40. The van der Waals surface area contributed by atoms with Crippen LogP contribution in [0.2, 0.25) is 0 Å². The average Bonchev–Trinajstić information content (AvgIpc) is 2.15. The van der Waals surface area contributed by atoms with Crippen LogP contribution < -0.4 is 5.32 Å². The van der Waals surface area contributed by atoms with E-state index in [1.165, 1.54) is 38.5 Å². The SMILES string of the molecule is CNCC1CCCC2(CCC2)N1C(C)=O. The van der Waals surface area contributed by atoms with Crippen LogP contribution in [0.5, 0.6) is 0 Å². The van der Waals surface area contributed by atoms with Crippen LogP contribution in [0.4, 0.5) is 0 Å². The van der Waals surface area contributed by atoms with Crippen LogP contribution in [0.3, 0.4) is 0 Å². The number of hydrogen-bond donors (Lipinski definition) is 1. The van der Waals surface area contributed by atoms with Crippen LogP contribution in [-0.4, -0.2) is 36.0 Å². The lowest BCUT2D eigenvalue weighted by Crippen LogP contribution is -2.63. The second kappa shape index (κ2) is 4.12. The van der Waals surface area contributed by atoms with E-state index in [1.807, 2.05) is 7.05 Å². The van der Waals surface area contributed by atoms with Gasteiger partial charge in [0.25, 0.3) is 0 Å². The van der Waals surface area contributed by atoms with Gasteiger partial charge in [0.1, 0.15) is 0 Å². The van der Waals surface area contributed by atoms with Crippen molar-refractivity contribution < 1.29 is 4.79 Å². The van der Waals surface area contributed by atoms with Crippen LogP contribution in [0, 0.1) is 0 Å². The Kier molecular flexibility index (Phi) is 3.01. The molecule has 1 aliphatic heterocycles. The summed E-state index contributed by atoms with van der Waals surface area (Å²) in [7, 11) is 1.97. The molecule has 1 spiro atoms. The summed E-state index contributed by atoms with van der Waals surface area (Å²) in [6.07, 6.45) is 7.45. The van der Waals surface area contributed by atoms with Crippen molar-refractivity contribution in [2.24, 2.45) is 0 Å². The number of amides is 1. The molecule has 1 saturated carbocycles. The van der Waals surface area contributed by atoms with Gasteiger partial charge in [-0.05, 0) is 45.6 Å². The van der Waals surface area contributed by atoms with Gasteiger partial charge < -0.3 is 10.2 Å². The molecular weight excluding hydrogens is 188 g/mol. The molecule has 2 fully saturated rings. The molecule has 3 nitrogen and oxygen atoms in total. The van der Waals surface area contributed by atoms with Gasteiger partial charge in [0, 0.05) is 25.0 Å². The second-order valence-corrected chi connectivity index (χ2v) is 5.07. The Hall–Kier alpha value is -0.570. The summed E-state index contributed by atoms with van der Waals surface area (Å²) >= 11 is 0. The Labute approximate surface area is 92.2 Å². The molecule has 2 aliphatic rings. The lowest BCUT2D eigenvalue weighted by atomic mass is 9.68. The first-order chi connectivity index (χ1) is 7.19. The Morgan fingerprint density at radius 2 is 2.07 bits per heavy atom. The van der Waals surface area contributed by atoms with E-state index < -0.39 is 0 Å². The molecule has 2 rings (SSSR count). The van der Waals surface area contributed by atoms with Crippen molar-refractivity contribution >= 4 is 5.91 Å². The Morgan fingerprint density at radius 3 is 2.53 bits per heavy atom. The average molecular weight is 210 g/mol. The minimum absolute atomic E-state index is 0.256. The molecule has 0 aromatic rings. The Balaban J connectivity index is 2.14. The lowest BCUT2D eigenvalue weighted by Gasteiger charge is -2.56. The van der Waals surface area contributed by atoms with E-state index in [1.54, 1.807) is 6.92 Å². The van der Waals surface area contributed by atoms with Gasteiger partial charge in [-0.2, -0.15) is 0 Å². The molecule has 1 saturated heterocycles. The van der Waals surface area contributed by atoms with Crippen molar-refractivity contribution in [2.75, 3.05) is 13.6 Å². The topological polar surface area (TPSA) is 32.3 Å². The van der Waals surface area contributed by atoms with Crippen molar-refractivity contribution in [3.05, 3.63) is 0 Å². The third-order valence-corrected chi connectivity index (χ3v) is 4.12. The number of nitrogens with zero attached hydrogens (tertiary/aromatic N) is 1. The highest BCUT2D eigenvalue weighted by molar-refractivity contribution is 5.75. The van der Waals surface area contributed by atoms with E-state index in [0.29, 0.717) is 6.04 Å². The van der Waals surface area contributed by atoms with E-state index in [9.17, 15) is 4.79 Å². The quantitative estimate of drug-likeness (QED) is 0.749. The number of likely N-dealkylation sites (tertiary alicyclic amines) is 1. The third-order valence-electron chi connectivity index (χ3n) is 4.12. The smallest absolute Gasteiger partial charge is 0.220 e. The molecule has 0 aromatic heterocycles. The normalized spacial score (nSPS) is 28.9. The molecule has 15 heavy (non-hydrogen) atoms. The van der Waals surface area contributed by atoms with Crippen molar-refractivity contribution in [3.63, 3.8) is 0 Å². The first kappa shape index (κ1) is 10.9. The van der Waals surface area contributed by atoms with Crippen LogP contribution in [-0.2, 0) is 4.79 Å². The fourth-order valence-corrected chi connectivity index (χ4v) is 3.40. The zero-order valence-corrected chi connectivity index (χ0v) is 9.88. The van der Waals surface area contributed by atoms with E-state index in [-0.39, 0.29) is 11.4 Å². The molecule has 0 radical (unpaired) electrons. The van der Waals surface area contributed by atoms with Gasteiger partial charge in [0.05, 0.1) is 0 Å². The highest BCUT2D eigenvalue weighted by Crippen LogP contribution is 2.46. The van der Waals surface area contributed by atoms with Gasteiger partial charge in [-0.3, -0.25) is 4.79 Å². The number of nitrogens with one attached hydrogen (secondary N) is 1. The number of carbonyl (C=O) groups is 1. The summed E-state index contributed by atoms with van der Waals surface area (Å²) in [5, 5.41) is 3.21.